The molecule has 0 aliphatic carbocycles. The SMILES string of the molecule is Cc1ccc(N)c(OC(=O)c2cc([N+](=O)[O-])cc([N+](=O)[O-])c2)c1. The molecule has 0 fully saturated rings. The van der Waals surface area contributed by atoms with Crippen LogP contribution >= 0.6 is 0 Å². The fraction of sp³-hybridized carbons (Fsp3) is 0.0714. The van der Waals surface area contributed by atoms with E-state index in [-0.39, 0.29) is 17.0 Å². The number of nitro benzene ring substituents is 2. The molecule has 0 heterocycles. The van der Waals surface area contributed by atoms with Crippen LogP contribution in [0.4, 0.5) is 17.1 Å². The number of hydrogen-bond donors (Lipinski definition) is 1. The molecule has 118 valence electrons. The lowest BCUT2D eigenvalue weighted by molar-refractivity contribution is -0.394. The van der Waals surface area contributed by atoms with Crippen LogP contribution in [0.1, 0.15) is 15.9 Å². The lowest BCUT2D eigenvalue weighted by Gasteiger charge is -2.08. The summed E-state index contributed by atoms with van der Waals surface area (Å²) in [5, 5.41) is 21.6. The number of aryl methyl sites for hydroxylation is 1. The standard InChI is InChI=1S/C14H11N3O6/c1-8-2-3-12(15)13(4-8)23-14(18)9-5-10(16(19)20)7-11(6-9)17(21)22/h2-7H,15H2,1H3. The first-order valence-electron chi connectivity index (χ1n) is 6.30. The van der Waals surface area contributed by atoms with Crippen molar-refractivity contribution in [3.63, 3.8) is 0 Å². The number of benzene rings is 2. The maximum atomic E-state index is 12.1. The summed E-state index contributed by atoms with van der Waals surface area (Å²) in [6, 6.07) is 7.33. The van der Waals surface area contributed by atoms with E-state index in [1.54, 1.807) is 13.0 Å². The van der Waals surface area contributed by atoms with Gasteiger partial charge in [0.05, 0.1) is 27.2 Å². The lowest BCUT2D eigenvalue weighted by Crippen LogP contribution is -2.11. The molecule has 0 bridgehead atoms. The molecule has 9 heteroatoms. The number of carbonyl (C=O) groups is 1. The Morgan fingerprint density at radius 2 is 1.61 bits per heavy atom. The van der Waals surface area contributed by atoms with E-state index in [2.05, 4.69) is 0 Å². The average Bonchev–Trinajstić information content (AvgIpc) is 2.50. The van der Waals surface area contributed by atoms with Gasteiger partial charge in [-0.05, 0) is 24.6 Å². The van der Waals surface area contributed by atoms with E-state index in [0.29, 0.717) is 0 Å². The predicted octanol–water partition coefficient (Wildman–Crippen LogP) is 2.61. The smallest absolute Gasteiger partial charge is 0.344 e. The van der Waals surface area contributed by atoms with Gasteiger partial charge < -0.3 is 10.5 Å². The summed E-state index contributed by atoms with van der Waals surface area (Å²) in [6.45, 7) is 1.76. The summed E-state index contributed by atoms with van der Waals surface area (Å²) in [4.78, 5) is 32.1. The Balaban J connectivity index is 2.40. The van der Waals surface area contributed by atoms with E-state index in [4.69, 9.17) is 10.5 Å². The molecule has 0 atom stereocenters. The molecule has 2 N–H and O–H groups in total. The molecule has 0 aliphatic heterocycles. The van der Waals surface area contributed by atoms with Gasteiger partial charge in [0.2, 0.25) is 0 Å². The predicted molar refractivity (Wildman–Crippen MR) is 80.3 cm³/mol. The Morgan fingerprint density at radius 1 is 1.04 bits per heavy atom. The van der Waals surface area contributed by atoms with Crippen molar-refractivity contribution in [2.75, 3.05) is 5.73 Å². The molecule has 0 spiro atoms. The number of esters is 1. The fourth-order valence-corrected chi connectivity index (χ4v) is 1.81. The second-order valence-corrected chi connectivity index (χ2v) is 4.68. The molecule has 0 saturated heterocycles. The van der Waals surface area contributed by atoms with Gasteiger partial charge in [-0.2, -0.15) is 0 Å². The van der Waals surface area contributed by atoms with E-state index in [1.807, 2.05) is 0 Å². The van der Waals surface area contributed by atoms with E-state index < -0.39 is 27.2 Å². The van der Waals surface area contributed by atoms with Crippen molar-refractivity contribution in [3.05, 3.63) is 67.8 Å². The second kappa shape index (κ2) is 6.10. The zero-order chi connectivity index (χ0) is 17.1. The Labute approximate surface area is 129 Å². The molecule has 0 radical (unpaired) electrons. The van der Waals surface area contributed by atoms with Gasteiger partial charge >= 0.3 is 5.97 Å². The Morgan fingerprint density at radius 3 is 2.13 bits per heavy atom. The number of nitrogens with zero attached hydrogens (tertiary/aromatic N) is 2. The molecule has 0 unspecified atom stereocenters. The third-order valence-electron chi connectivity index (χ3n) is 2.93. The zero-order valence-electron chi connectivity index (χ0n) is 11.9. The van der Waals surface area contributed by atoms with Crippen LogP contribution in [0.3, 0.4) is 0 Å². The van der Waals surface area contributed by atoms with Gasteiger partial charge in [0.25, 0.3) is 11.4 Å². The molecule has 0 aromatic heterocycles. The van der Waals surface area contributed by atoms with Crippen molar-refractivity contribution in [2.45, 2.75) is 6.92 Å². The largest absolute Gasteiger partial charge is 0.421 e. The van der Waals surface area contributed by atoms with E-state index >= 15 is 0 Å². The Kier molecular flexibility index (Phi) is 4.21. The highest BCUT2D eigenvalue weighted by Crippen LogP contribution is 2.26. The Hall–Kier alpha value is -3.49. The molecule has 0 aliphatic rings. The van der Waals surface area contributed by atoms with Crippen LogP contribution in [0.15, 0.2) is 36.4 Å². The molecule has 0 saturated carbocycles. The molecule has 9 nitrogen and oxygen atoms in total. The van der Waals surface area contributed by atoms with Gasteiger partial charge in [0, 0.05) is 12.1 Å². The highest BCUT2D eigenvalue weighted by Gasteiger charge is 2.21. The number of nitrogen functional groups attached to an aromatic ring is 1. The average molecular weight is 317 g/mol. The van der Waals surface area contributed by atoms with Crippen molar-refractivity contribution in [1.82, 2.24) is 0 Å². The lowest BCUT2D eigenvalue weighted by atomic mass is 10.1. The number of carbonyl (C=O) groups excluding carboxylic acids is 1. The van der Waals surface area contributed by atoms with Crippen molar-refractivity contribution in [1.29, 1.82) is 0 Å². The minimum Gasteiger partial charge on any atom is -0.421 e. The number of nitrogens with two attached hydrogens (primary N) is 1. The van der Waals surface area contributed by atoms with Gasteiger partial charge in [-0.15, -0.1) is 0 Å². The summed E-state index contributed by atoms with van der Waals surface area (Å²) in [7, 11) is 0. The second-order valence-electron chi connectivity index (χ2n) is 4.68. The maximum Gasteiger partial charge on any atom is 0.344 e. The highest BCUT2D eigenvalue weighted by atomic mass is 16.6. The molecule has 2 aromatic carbocycles. The summed E-state index contributed by atoms with van der Waals surface area (Å²) >= 11 is 0. The number of non-ortho nitro benzene ring substituents is 2. The summed E-state index contributed by atoms with van der Waals surface area (Å²) in [6.07, 6.45) is 0. The summed E-state index contributed by atoms with van der Waals surface area (Å²) in [5.74, 6) is -0.904. The van der Waals surface area contributed by atoms with Gasteiger partial charge in [-0.3, -0.25) is 20.2 Å². The third kappa shape index (κ3) is 3.59. The first-order chi connectivity index (χ1) is 10.8. The van der Waals surface area contributed by atoms with Crippen LogP contribution in [0, 0.1) is 27.2 Å². The van der Waals surface area contributed by atoms with Crippen LogP contribution in [0.2, 0.25) is 0 Å². The molecule has 0 amide bonds. The van der Waals surface area contributed by atoms with Crippen molar-refractivity contribution < 1.29 is 19.4 Å². The van der Waals surface area contributed by atoms with Gasteiger partial charge in [0.15, 0.2) is 5.75 Å². The van der Waals surface area contributed by atoms with Crippen molar-refractivity contribution in [2.24, 2.45) is 0 Å². The number of rotatable bonds is 4. The van der Waals surface area contributed by atoms with Crippen LogP contribution in [0.25, 0.3) is 0 Å². The quantitative estimate of drug-likeness (QED) is 0.300. The van der Waals surface area contributed by atoms with Gasteiger partial charge in [-0.1, -0.05) is 6.07 Å². The van der Waals surface area contributed by atoms with Crippen molar-refractivity contribution >= 4 is 23.0 Å². The summed E-state index contributed by atoms with van der Waals surface area (Å²) < 4.78 is 5.07. The Bertz CT molecular complexity index is 786. The van der Waals surface area contributed by atoms with Gasteiger partial charge in [-0.25, -0.2) is 4.79 Å². The number of nitro groups is 2. The zero-order valence-corrected chi connectivity index (χ0v) is 11.9. The fourth-order valence-electron chi connectivity index (χ4n) is 1.81. The maximum absolute atomic E-state index is 12.1. The van der Waals surface area contributed by atoms with E-state index in [1.165, 1.54) is 12.1 Å². The van der Waals surface area contributed by atoms with E-state index in [9.17, 15) is 25.0 Å². The first kappa shape index (κ1) is 15.9. The normalized spacial score (nSPS) is 10.1. The summed E-state index contributed by atoms with van der Waals surface area (Å²) in [5.41, 5.74) is 5.19. The highest BCUT2D eigenvalue weighted by molar-refractivity contribution is 5.93. The number of anilines is 1. The molecule has 2 rings (SSSR count). The van der Waals surface area contributed by atoms with Crippen LogP contribution in [-0.2, 0) is 0 Å². The van der Waals surface area contributed by atoms with Crippen LogP contribution < -0.4 is 10.5 Å². The first-order valence-corrected chi connectivity index (χ1v) is 6.30. The topological polar surface area (TPSA) is 139 Å². The van der Waals surface area contributed by atoms with Crippen LogP contribution in [0.5, 0.6) is 5.75 Å². The van der Waals surface area contributed by atoms with Gasteiger partial charge in [0.1, 0.15) is 0 Å². The molecular formula is C14H11N3O6. The minimum atomic E-state index is -0.978. The molecule has 23 heavy (non-hydrogen) atoms. The number of hydrogen-bond acceptors (Lipinski definition) is 7. The molecule has 2 aromatic rings. The molecular weight excluding hydrogens is 306 g/mol. The third-order valence-corrected chi connectivity index (χ3v) is 2.93. The monoisotopic (exact) mass is 317 g/mol. The van der Waals surface area contributed by atoms with E-state index in [0.717, 1.165) is 23.8 Å². The van der Waals surface area contributed by atoms with Crippen molar-refractivity contribution in [3.8, 4) is 5.75 Å². The van der Waals surface area contributed by atoms with Crippen LogP contribution in [-0.4, -0.2) is 15.8 Å². The minimum absolute atomic E-state index is 0.0733. The number of ether oxygens (including phenoxy) is 1.